The second kappa shape index (κ2) is 4.75. The van der Waals surface area contributed by atoms with Gasteiger partial charge in [0.25, 0.3) is 0 Å². The van der Waals surface area contributed by atoms with Gasteiger partial charge in [-0.15, -0.1) is 0 Å². The van der Waals surface area contributed by atoms with E-state index in [9.17, 15) is 0 Å². The molecule has 88 valence electrons. The molecule has 0 aliphatic rings. The van der Waals surface area contributed by atoms with Crippen molar-refractivity contribution in [1.82, 2.24) is 15.0 Å². The largest absolute Gasteiger partial charge is 0.342 e. The van der Waals surface area contributed by atoms with Gasteiger partial charge in [0, 0.05) is 11.4 Å². The Morgan fingerprint density at radius 2 is 2.00 bits per heavy atom. The number of hydrogen-bond acceptors (Lipinski definition) is 3. The molecule has 4 heteroatoms. The molecule has 2 aromatic rings. The minimum absolute atomic E-state index is 0.392. The smallest absolute Gasteiger partial charge is 0.157 e. The highest BCUT2D eigenvalue weighted by Crippen LogP contribution is 2.17. The van der Waals surface area contributed by atoms with E-state index in [0.29, 0.717) is 10.6 Å². The standard InChI is InChI=1S/C13H15N3S/c1-8(2)11-7-12(17)16-13(15-11)10-6-4-5-9(3)14-10/h4-8H,1-3H3,(H,15,16,17). The van der Waals surface area contributed by atoms with Crippen LogP contribution < -0.4 is 0 Å². The second-order valence-corrected chi connectivity index (χ2v) is 4.76. The Bertz CT molecular complexity index is 587. The molecule has 0 aromatic carbocycles. The summed E-state index contributed by atoms with van der Waals surface area (Å²) in [4.78, 5) is 12.1. The lowest BCUT2D eigenvalue weighted by atomic mass is 10.1. The molecule has 0 fully saturated rings. The normalized spacial score (nSPS) is 10.8. The van der Waals surface area contributed by atoms with Crippen LogP contribution in [0.2, 0.25) is 0 Å². The molecule has 0 radical (unpaired) electrons. The lowest BCUT2D eigenvalue weighted by Crippen LogP contribution is -1.99. The first-order valence-corrected chi connectivity index (χ1v) is 6.02. The Labute approximate surface area is 106 Å². The molecule has 17 heavy (non-hydrogen) atoms. The molecule has 1 N–H and O–H groups in total. The Hall–Kier alpha value is -1.55. The summed E-state index contributed by atoms with van der Waals surface area (Å²) in [6.07, 6.45) is 0. The maximum absolute atomic E-state index is 5.18. The van der Waals surface area contributed by atoms with Crippen molar-refractivity contribution < 1.29 is 0 Å². The molecule has 0 amide bonds. The van der Waals surface area contributed by atoms with Crippen LogP contribution >= 0.6 is 12.2 Å². The zero-order chi connectivity index (χ0) is 12.4. The van der Waals surface area contributed by atoms with Crippen molar-refractivity contribution in [1.29, 1.82) is 0 Å². The van der Waals surface area contributed by atoms with E-state index in [4.69, 9.17) is 12.2 Å². The van der Waals surface area contributed by atoms with E-state index in [1.165, 1.54) is 0 Å². The number of nitrogens with one attached hydrogen (secondary N) is 1. The first-order valence-electron chi connectivity index (χ1n) is 5.61. The number of H-pyrrole nitrogens is 1. The first kappa shape index (κ1) is 11.9. The molecule has 2 aromatic heterocycles. The van der Waals surface area contributed by atoms with Crippen molar-refractivity contribution >= 4 is 12.2 Å². The van der Waals surface area contributed by atoms with E-state index < -0.39 is 0 Å². The van der Waals surface area contributed by atoms with Gasteiger partial charge in [0.1, 0.15) is 10.3 Å². The third-order valence-electron chi connectivity index (χ3n) is 2.52. The molecule has 0 spiro atoms. The molecule has 3 nitrogen and oxygen atoms in total. The minimum Gasteiger partial charge on any atom is -0.342 e. The maximum Gasteiger partial charge on any atom is 0.157 e. The zero-order valence-electron chi connectivity index (χ0n) is 10.2. The first-order chi connectivity index (χ1) is 8.06. The van der Waals surface area contributed by atoms with Gasteiger partial charge in [-0.1, -0.05) is 32.1 Å². The van der Waals surface area contributed by atoms with E-state index in [1.807, 2.05) is 31.2 Å². The molecule has 0 unspecified atom stereocenters. The second-order valence-electron chi connectivity index (χ2n) is 4.34. The van der Waals surface area contributed by atoms with E-state index in [-0.39, 0.29) is 0 Å². The fraction of sp³-hybridized carbons (Fsp3) is 0.308. The molecule has 0 aliphatic heterocycles. The summed E-state index contributed by atoms with van der Waals surface area (Å²) in [6, 6.07) is 7.77. The summed E-state index contributed by atoms with van der Waals surface area (Å²) in [7, 11) is 0. The number of rotatable bonds is 2. The Morgan fingerprint density at radius 1 is 1.24 bits per heavy atom. The SMILES string of the molecule is Cc1cccc(-c2nc(=S)cc(C(C)C)[nH]2)n1. The summed E-state index contributed by atoms with van der Waals surface area (Å²) in [5, 5.41) is 0. The van der Waals surface area contributed by atoms with Crippen molar-refractivity contribution in [2.45, 2.75) is 26.7 Å². The lowest BCUT2D eigenvalue weighted by Gasteiger charge is -2.08. The van der Waals surface area contributed by atoms with Gasteiger partial charge in [-0.2, -0.15) is 0 Å². The van der Waals surface area contributed by atoms with Crippen molar-refractivity contribution in [2.24, 2.45) is 0 Å². The number of pyridine rings is 1. The summed E-state index contributed by atoms with van der Waals surface area (Å²) in [5.41, 5.74) is 2.89. The molecule has 0 saturated heterocycles. The van der Waals surface area contributed by atoms with E-state index in [2.05, 4.69) is 28.8 Å². The summed E-state index contributed by atoms with van der Waals surface area (Å²) in [5.74, 6) is 1.13. The van der Waals surface area contributed by atoms with E-state index in [0.717, 1.165) is 22.9 Å². The number of hydrogen-bond donors (Lipinski definition) is 1. The third-order valence-corrected chi connectivity index (χ3v) is 2.73. The van der Waals surface area contributed by atoms with Gasteiger partial charge < -0.3 is 4.98 Å². The fourth-order valence-corrected chi connectivity index (χ4v) is 1.80. The molecular formula is C13H15N3S. The molecule has 0 atom stereocenters. The van der Waals surface area contributed by atoms with Crippen LogP contribution in [-0.4, -0.2) is 15.0 Å². The van der Waals surface area contributed by atoms with Crippen LogP contribution in [0, 0.1) is 11.6 Å². The molecule has 2 rings (SSSR count). The highest BCUT2D eigenvalue weighted by Gasteiger charge is 2.06. The van der Waals surface area contributed by atoms with Crippen LogP contribution in [-0.2, 0) is 0 Å². The average Bonchev–Trinajstić information content (AvgIpc) is 2.28. The van der Waals surface area contributed by atoms with Crippen molar-refractivity contribution in [2.75, 3.05) is 0 Å². The van der Waals surface area contributed by atoms with Gasteiger partial charge in [0.2, 0.25) is 0 Å². The topological polar surface area (TPSA) is 41.6 Å². The third kappa shape index (κ3) is 2.77. The van der Waals surface area contributed by atoms with Crippen LogP contribution in [0.3, 0.4) is 0 Å². The van der Waals surface area contributed by atoms with Gasteiger partial charge in [0.15, 0.2) is 5.82 Å². The summed E-state index contributed by atoms with van der Waals surface area (Å²) < 4.78 is 0.603. The number of nitrogens with zero attached hydrogens (tertiary/aromatic N) is 2. The Kier molecular flexibility index (Phi) is 3.33. The molecule has 0 saturated carbocycles. The quantitative estimate of drug-likeness (QED) is 0.821. The monoisotopic (exact) mass is 245 g/mol. The number of aromatic amines is 1. The fourth-order valence-electron chi connectivity index (χ4n) is 1.58. The van der Waals surface area contributed by atoms with Gasteiger partial charge in [0.05, 0.1) is 0 Å². The molecular weight excluding hydrogens is 230 g/mol. The Morgan fingerprint density at radius 3 is 2.65 bits per heavy atom. The van der Waals surface area contributed by atoms with E-state index >= 15 is 0 Å². The van der Waals surface area contributed by atoms with Crippen LogP contribution in [0.1, 0.15) is 31.2 Å². The van der Waals surface area contributed by atoms with Crippen LogP contribution in [0.15, 0.2) is 24.3 Å². The molecule has 0 bridgehead atoms. The number of aryl methyl sites for hydroxylation is 1. The van der Waals surface area contributed by atoms with Crippen molar-refractivity contribution in [3.05, 3.63) is 40.3 Å². The Balaban J connectivity index is 2.56. The predicted octanol–water partition coefficient (Wildman–Crippen LogP) is 3.63. The maximum atomic E-state index is 5.18. The molecule has 0 aliphatic carbocycles. The minimum atomic E-state index is 0.392. The van der Waals surface area contributed by atoms with Gasteiger partial charge in [-0.3, -0.25) is 0 Å². The van der Waals surface area contributed by atoms with Gasteiger partial charge in [-0.05, 0) is 31.0 Å². The van der Waals surface area contributed by atoms with Crippen LogP contribution in [0.25, 0.3) is 11.5 Å². The number of aromatic nitrogens is 3. The predicted molar refractivity (Wildman–Crippen MR) is 71.5 cm³/mol. The van der Waals surface area contributed by atoms with Gasteiger partial charge in [-0.25, -0.2) is 9.97 Å². The molecule has 2 heterocycles. The van der Waals surface area contributed by atoms with Gasteiger partial charge >= 0.3 is 0 Å². The lowest BCUT2D eigenvalue weighted by molar-refractivity contribution is 0.814. The van der Waals surface area contributed by atoms with Crippen LogP contribution in [0.4, 0.5) is 0 Å². The average molecular weight is 245 g/mol. The van der Waals surface area contributed by atoms with E-state index in [1.54, 1.807) is 0 Å². The summed E-state index contributed by atoms with van der Waals surface area (Å²) in [6.45, 7) is 6.20. The van der Waals surface area contributed by atoms with Crippen LogP contribution in [0.5, 0.6) is 0 Å². The van der Waals surface area contributed by atoms with Crippen molar-refractivity contribution in [3.63, 3.8) is 0 Å². The highest BCUT2D eigenvalue weighted by molar-refractivity contribution is 7.71. The summed E-state index contributed by atoms with van der Waals surface area (Å²) >= 11 is 5.18. The highest BCUT2D eigenvalue weighted by atomic mass is 32.1. The zero-order valence-corrected chi connectivity index (χ0v) is 11.0. The van der Waals surface area contributed by atoms with Crippen molar-refractivity contribution in [3.8, 4) is 11.5 Å².